The molecule has 0 unspecified atom stereocenters. The normalized spacial score (nSPS) is 7.62. The van der Waals surface area contributed by atoms with Crippen molar-refractivity contribution >= 4 is 52.8 Å². The first-order valence-corrected chi connectivity index (χ1v) is 8.65. The second-order valence-corrected chi connectivity index (χ2v) is 6.88. The molecule has 2 aromatic rings. The molecule has 0 saturated heterocycles. The Morgan fingerprint density at radius 1 is 0.688 bits per heavy atom. The maximum Gasteiger partial charge on any atom is 0 e. The van der Waals surface area contributed by atoms with Gasteiger partial charge in [0, 0.05) is 21.7 Å². The number of rotatable bonds is 2. The molecule has 0 aliphatic carbocycles. The van der Waals surface area contributed by atoms with Crippen molar-refractivity contribution < 1.29 is 21.7 Å². The van der Waals surface area contributed by atoms with Crippen LogP contribution in [0.2, 0.25) is 0 Å². The summed E-state index contributed by atoms with van der Waals surface area (Å²) in [6, 6.07) is 24.0. The van der Waals surface area contributed by atoms with Gasteiger partial charge in [0.05, 0.1) is 0 Å². The van der Waals surface area contributed by atoms with E-state index in [2.05, 4.69) is 71.9 Å². The van der Waals surface area contributed by atoms with Crippen molar-refractivity contribution in [3.63, 3.8) is 0 Å². The fourth-order valence-corrected chi connectivity index (χ4v) is 3.12. The van der Waals surface area contributed by atoms with E-state index in [4.69, 9.17) is 0 Å². The Morgan fingerprint density at radius 2 is 1.00 bits per heavy atom. The summed E-state index contributed by atoms with van der Waals surface area (Å²) in [6.45, 7) is 0. The minimum absolute atomic E-state index is 0. The number of hydrogen-bond acceptors (Lipinski definition) is 5. The first-order chi connectivity index (χ1) is 7.41. The molecule has 16 heavy (non-hydrogen) atoms. The van der Waals surface area contributed by atoms with Gasteiger partial charge in [0.1, 0.15) is 0 Å². The molecule has 2 rings (SSSR count). The third-order valence-corrected chi connectivity index (χ3v) is 5.20. The smallest absolute Gasteiger partial charge is 0 e. The van der Waals surface area contributed by atoms with Gasteiger partial charge in [-0.15, -0.1) is 0 Å². The fraction of sp³-hybridized carbons (Fsp3) is 0. The van der Waals surface area contributed by atoms with Crippen molar-refractivity contribution in [3.05, 3.63) is 60.7 Å². The largest absolute Gasteiger partial charge is 0.999 e. The van der Waals surface area contributed by atoms with Gasteiger partial charge >= 0.3 is 0 Å². The summed E-state index contributed by atoms with van der Waals surface area (Å²) < 4.78 is 0. The fourth-order valence-electron chi connectivity index (χ4n) is 0.372. The molecule has 2 aromatic carbocycles. The Hall–Kier alpha value is 1.16. The molecule has 0 saturated carbocycles. The van der Waals surface area contributed by atoms with E-state index in [-0.39, 0.29) is 21.7 Å². The molecule has 88 valence electrons. The van der Waals surface area contributed by atoms with Crippen LogP contribution in [0.3, 0.4) is 0 Å². The minimum atomic E-state index is 0. The maximum absolute atomic E-state index is 4.44. The quantitative estimate of drug-likeness (QED) is 0.358. The van der Waals surface area contributed by atoms with Gasteiger partial charge in [0.25, 0.3) is 0 Å². The molecule has 0 aliphatic rings. The summed E-state index contributed by atoms with van der Waals surface area (Å²) >= 11 is 8.89. The van der Waals surface area contributed by atoms with E-state index >= 15 is 0 Å². The van der Waals surface area contributed by atoms with Gasteiger partial charge in [0.15, 0.2) is 0 Å². The zero-order valence-corrected chi connectivity index (χ0v) is 13.3. The van der Waals surface area contributed by atoms with Gasteiger partial charge in [-0.05, 0) is 0 Å². The first kappa shape index (κ1) is 19.5. The van der Waals surface area contributed by atoms with Gasteiger partial charge in [-0.1, -0.05) is 9.83 Å². The Morgan fingerprint density at radius 3 is 1.06 bits per heavy atom. The second-order valence-electron chi connectivity index (χ2n) is 1.57. The SMILES string of the molecule is [S-]SSS[S-].[Ti].[c-]1[c-][c-][cH-][c-]1.[c-]1[c-][c-][cH-][c-]1. The van der Waals surface area contributed by atoms with Crippen LogP contribution < -0.4 is 0 Å². The van der Waals surface area contributed by atoms with Crippen molar-refractivity contribution in [2.75, 3.05) is 0 Å². The van der Waals surface area contributed by atoms with E-state index in [1.807, 2.05) is 0 Å². The van der Waals surface area contributed by atoms with Crippen molar-refractivity contribution in [1.29, 1.82) is 0 Å². The summed E-state index contributed by atoms with van der Waals surface area (Å²) in [4.78, 5) is 0. The van der Waals surface area contributed by atoms with E-state index in [1.54, 1.807) is 12.1 Å². The minimum Gasteiger partial charge on any atom is -0.999 e. The summed E-state index contributed by atoms with van der Waals surface area (Å²) in [6.07, 6.45) is 0. The summed E-state index contributed by atoms with van der Waals surface area (Å²) in [5.74, 6) is 0. The van der Waals surface area contributed by atoms with Crippen LogP contribution in [0.25, 0.3) is 0 Å². The van der Waals surface area contributed by atoms with E-state index in [0.717, 1.165) is 0 Å². The Bertz CT molecular complexity index is 194. The van der Waals surface area contributed by atoms with Crippen LogP contribution in [0.1, 0.15) is 0 Å². The van der Waals surface area contributed by atoms with E-state index in [0.29, 0.717) is 0 Å². The van der Waals surface area contributed by atoms with Crippen LogP contribution >= 0.6 is 29.5 Å². The molecule has 0 aromatic heterocycles. The maximum atomic E-state index is 4.44. The molecule has 0 heterocycles. The molecule has 0 atom stereocenters. The molecule has 0 fully saturated rings. The molecule has 0 bridgehead atoms. The van der Waals surface area contributed by atoms with Gasteiger partial charge in [-0.2, -0.15) is 0 Å². The molecule has 0 spiro atoms. The molecule has 0 nitrogen and oxygen atoms in total. The first-order valence-electron chi connectivity index (χ1n) is 3.32. The van der Waals surface area contributed by atoms with Crippen LogP contribution in [-0.2, 0) is 45.0 Å². The van der Waals surface area contributed by atoms with Gasteiger partial charge in [-0.3, -0.25) is 19.7 Å². The summed E-state index contributed by atoms with van der Waals surface area (Å²) in [7, 11) is 3.95. The zero-order valence-electron chi connectivity index (χ0n) is 7.70. The van der Waals surface area contributed by atoms with E-state index in [1.165, 1.54) is 29.5 Å². The van der Waals surface area contributed by atoms with Crippen molar-refractivity contribution in [1.82, 2.24) is 0 Å². The predicted octanol–water partition coefficient (Wildman–Crippen LogP) is 3.15. The zero-order chi connectivity index (χ0) is 11.2. The van der Waals surface area contributed by atoms with Gasteiger partial charge in [0.2, 0.25) is 0 Å². The average Bonchev–Trinajstić information content (AvgIpc) is 2.99. The predicted molar refractivity (Wildman–Crippen MR) is 72.3 cm³/mol. The summed E-state index contributed by atoms with van der Waals surface area (Å²) in [5.41, 5.74) is 0. The monoisotopic (exact) mass is 330 g/mol. The molecular weight excluding hydrogens is 328 g/mol. The van der Waals surface area contributed by atoms with Crippen LogP contribution in [0, 0.1) is 48.5 Å². The topological polar surface area (TPSA) is 0 Å². The van der Waals surface area contributed by atoms with Crippen molar-refractivity contribution in [2.24, 2.45) is 0 Å². The van der Waals surface area contributed by atoms with Crippen LogP contribution in [0.4, 0.5) is 0 Å². The molecule has 0 aliphatic heterocycles. The molecule has 0 radical (unpaired) electrons. The number of hydrogen-bond donors (Lipinski definition) is 0. The Kier molecular flexibility index (Phi) is 22.6. The Balaban J connectivity index is 0. The third-order valence-electron chi connectivity index (χ3n) is 0.758. The van der Waals surface area contributed by atoms with Crippen LogP contribution in [0.5, 0.6) is 0 Å². The van der Waals surface area contributed by atoms with Crippen LogP contribution in [-0.4, -0.2) is 0 Å². The van der Waals surface area contributed by atoms with Crippen LogP contribution in [0.15, 0.2) is 12.1 Å². The van der Waals surface area contributed by atoms with Gasteiger partial charge < -0.3 is 84.0 Å². The Labute approximate surface area is 134 Å². The van der Waals surface area contributed by atoms with E-state index < -0.39 is 0 Å². The van der Waals surface area contributed by atoms with E-state index in [9.17, 15) is 0 Å². The van der Waals surface area contributed by atoms with Gasteiger partial charge in [-0.25, -0.2) is 0 Å². The van der Waals surface area contributed by atoms with Crippen molar-refractivity contribution in [3.8, 4) is 0 Å². The summed E-state index contributed by atoms with van der Waals surface area (Å²) in [5, 5.41) is 0. The molecular formula is C10H2S5Ti-12. The molecule has 6 heteroatoms. The third kappa shape index (κ3) is 17.6. The molecule has 0 amide bonds. The standard InChI is InChI=1S/2C5H.H2S5.Ti/c2*1-2-4-5-3-1;1-3-5-4-2;/h2*1H;1-2H;/q2*-5;;/p-2. The molecule has 0 N–H and O–H groups in total. The average molecular weight is 330 g/mol. The van der Waals surface area contributed by atoms with Crippen molar-refractivity contribution in [2.45, 2.75) is 0 Å². The second kappa shape index (κ2) is 18.5.